The topological polar surface area (TPSA) is 222 Å². The van der Waals surface area contributed by atoms with Crippen LogP contribution in [0.15, 0.2) is 146 Å². The molecule has 0 amide bonds. The van der Waals surface area contributed by atoms with E-state index in [0.29, 0.717) is 5.69 Å². The Kier molecular flexibility index (Phi) is 19.5. The molecule has 3 aromatic heterocycles. The summed E-state index contributed by atoms with van der Waals surface area (Å²) in [7, 11) is 5.92. The molecule has 9 aromatic rings. The highest BCUT2D eigenvalue weighted by molar-refractivity contribution is 14.1. The van der Waals surface area contributed by atoms with Gasteiger partial charge in [-0.15, -0.1) is 15.3 Å². The summed E-state index contributed by atoms with van der Waals surface area (Å²) in [5.74, 6) is 2.23. The number of nitrogens with one attached hydrogen (secondary N) is 1. The van der Waals surface area contributed by atoms with Crippen LogP contribution in [0.3, 0.4) is 0 Å². The van der Waals surface area contributed by atoms with E-state index < -0.39 is 0 Å². The van der Waals surface area contributed by atoms with E-state index in [-0.39, 0.29) is 39.6 Å². The highest BCUT2D eigenvalue weighted by atomic mass is 123. The van der Waals surface area contributed by atoms with E-state index in [1.807, 2.05) is 155 Å². The third kappa shape index (κ3) is 14.4. The first-order chi connectivity index (χ1) is 35.0. The van der Waals surface area contributed by atoms with Crippen LogP contribution in [0, 0.1) is 10.7 Å². The van der Waals surface area contributed by atoms with Crippen molar-refractivity contribution in [3.05, 3.63) is 157 Å². The SMILES string of the molecule is CN(C)c1ccc(-c2cn(-c3ccc(OCCO)c([123I])c3)nn2)cc1.CNc1ccc(-c2cn(-c3ccc(OCCO)c([123I])c3)nn2)cc1.Nc1ccc(-c2cn(-c3ccc(OCCO)c([123I])c3)nn2)cc1. The number of nitrogens with two attached hydrogens (primary N) is 1. The van der Waals surface area contributed by atoms with Gasteiger partial charge < -0.3 is 45.5 Å². The van der Waals surface area contributed by atoms with Crippen molar-refractivity contribution in [2.24, 2.45) is 0 Å². The number of aliphatic hydroxyl groups is 3. The van der Waals surface area contributed by atoms with Crippen LogP contribution >= 0.6 is 67.8 Å². The van der Waals surface area contributed by atoms with Crippen LogP contribution in [0.4, 0.5) is 17.1 Å². The summed E-state index contributed by atoms with van der Waals surface area (Å²) < 4.78 is 24.4. The Hall–Kier alpha value is -6.39. The Morgan fingerprint density at radius 2 is 0.833 bits per heavy atom. The summed E-state index contributed by atoms with van der Waals surface area (Å²) in [5.41, 5.74) is 16.7. The summed E-state index contributed by atoms with van der Waals surface area (Å²) in [6.45, 7) is 0.830. The smallest absolute Gasteiger partial charge is 0.132 e. The van der Waals surface area contributed by atoms with Gasteiger partial charge in [0.1, 0.15) is 54.2 Å². The minimum absolute atomic E-state index is 0.00310. The number of anilines is 3. The monoisotopic (exact) mass is 1300 g/mol. The lowest BCUT2D eigenvalue weighted by Crippen LogP contribution is -2.07. The summed E-state index contributed by atoms with van der Waals surface area (Å²) >= 11 is 6.60. The van der Waals surface area contributed by atoms with E-state index in [9.17, 15) is 0 Å². The molecule has 6 N–H and O–H groups in total. The van der Waals surface area contributed by atoms with Crippen molar-refractivity contribution < 1.29 is 29.5 Å². The standard InChI is InChI=1S/C18H19IN4O2.C17H17IN4O2.C16H15IN4O2/c1-22(2)14-5-3-13(4-6-14)17-12-23(21-20-17)15-7-8-18(16(19)11-15)25-10-9-24;1-19-13-4-2-12(3-5-13)16-11-22(21-20-16)14-6-7-17(15(18)10-14)24-9-8-23;17-14-9-13(5-6-16(14)23-8-7-22)21-10-15(19-20-21)11-1-3-12(18)4-2-11/h3-8,11-12,24H,9-10H2,1-2H3;2-7,10-11,19,23H,8-9H2,1H3;1-6,9-10,22H,7-8,18H2/i19-4;18-4;17-4. The summed E-state index contributed by atoms with van der Waals surface area (Å²) in [6, 6.07) is 41.0. The van der Waals surface area contributed by atoms with Crippen LogP contribution in [-0.4, -0.2) is 121 Å². The lowest BCUT2D eigenvalue weighted by atomic mass is 10.1. The molecule has 0 fully saturated rings. The molecule has 0 atom stereocenters. The third-order valence-electron chi connectivity index (χ3n) is 10.4. The number of benzene rings is 6. The third-order valence-corrected chi connectivity index (χ3v) is 13.0. The molecule has 0 aliphatic rings. The quantitative estimate of drug-likeness (QED) is 0.0427. The van der Waals surface area contributed by atoms with Gasteiger partial charge in [-0.05, 0) is 159 Å². The molecule has 0 saturated carbocycles. The first kappa shape index (κ1) is 53.4. The van der Waals surface area contributed by atoms with Crippen LogP contribution in [0.2, 0.25) is 0 Å². The lowest BCUT2D eigenvalue weighted by molar-refractivity contribution is 0.200. The molecule has 72 heavy (non-hydrogen) atoms. The second kappa shape index (κ2) is 26.3. The highest BCUT2D eigenvalue weighted by Crippen LogP contribution is 2.29. The van der Waals surface area contributed by atoms with Gasteiger partial charge in [0.15, 0.2) is 0 Å². The molecule has 18 nitrogen and oxygen atoms in total. The van der Waals surface area contributed by atoms with Crippen molar-refractivity contribution in [3.8, 4) is 68.1 Å². The van der Waals surface area contributed by atoms with Gasteiger partial charge in [-0.3, -0.25) is 0 Å². The van der Waals surface area contributed by atoms with Gasteiger partial charge in [-0.1, -0.05) is 52.0 Å². The van der Waals surface area contributed by atoms with Crippen LogP contribution < -0.4 is 30.2 Å². The fourth-order valence-corrected chi connectivity index (χ4v) is 8.64. The van der Waals surface area contributed by atoms with E-state index >= 15 is 0 Å². The Labute approximate surface area is 457 Å². The number of rotatable bonds is 17. The number of halogens is 3. The zero-order valence-electron chi connectivity index (χ0n) is 39.3. The van der Waals surface area contributed by atoms with Gasteiger partial charge >= 0.3 is 0 Å². The van der Waals surface area contributed by atoms with E-state index in [4.69, 9.17) is 35.3 Å². The fraction of sp³-hybridized carbons (Fsp3) is 0.176. The average Bonchev–Trinajstić information content (AvgIpc) is 4.22. The van der Waals surface area contributed by atoms with E-state index in [1.54, 1.807) is 14.0 Å². The second-order valence-electron chi connectivity index (χ2n) is 15.6. The number of hydrogen-bond acceptors (Lipinski definition) is 15. The number of nitrogen functional groups attached to an aromatic ring is 1. The van der Waals surface area contributed by atoms with Crippen molar-refractivity contribution in [1.29, 1.82) is 0 Å². The maximum atomic E-state index is 8.86. The highest BCUT2D eigenvalue weighted by Gasteiger charge is 2.12. The van der Waals surface area contributed by atoms with Crippen molar-refractivity contribution in [3.63, 3.8) is 0 Å². The van der Waals surface area contributed by atoms with Crippen LogP contribution in [-0.2, 0) is 0 Å². The molecular weight excluding hydrogens is 1250 g/mol. The average molecular weight is 1300 g/mol. The van der Waals surface area contributed by atoms with Gasteiger partial charge in [0.25, 0.3) is 0 Å². The van der Waals surface area contributed by atoms with E-state index in [2.05, 4.69) is 121 Å². The Balaban J connectivity index is 0.000000159. The van der Waals surface area contributed by atoms with Gasteiger partial charge in [0.05, 0.1) is 66.2 Å². The van der Waals surface area contributed by atoms with Crippen molar-refractivity contribution >= 4 is 84.8 Å². The molecule has 21 heteroatoms. The molecule has 0 saturated heterocycles. The molecular formula is C51H51I3N12O6. The maximum Gasteiger partial charge on any atom is 0.132 e. The molecule has 0 unspecified atom stereocenters. The molecule has 0 aliphatic carbocycles. The van der Waals surface area contributed by atoms with Crippen LogP contribution in [0.25, 0.3) is 50.8 Å². The van der Waals surface area contributed by atoms with E-state index in [1.165, 1.54) is 0 Å². The maximum absolute atomic E-state index is 8.86. The van der Waals surface area contributed by atoms with E-state index in [0.717, 1.165) is 90.2 Å². The summed E-state index contributed by atoms with van der Waals surface area (Å²) in [4.78, 5) is 2.06. The largest absolute Gasteiger partial charge is 0.490 e. The van der Waals surface area contributed by atoms with Gasteiger partial charge in [-0.2, -0.15) is 0 Å². The zero-order chi connectivity index (χ0) is 51.0. The number of hydrogen-bond donors (Lipinski definition) is 5. The first-order valence-electron chi connectivity index (χ1n) is 22.3. The van der Waals surface area contributed by atoms with Gasteiger partial charge in [0, 0.05) is 54.9 Å². The Morgan fingerprint density at radius 1 is 0.500 bits per heavy atom. The van der Waals surface area contributed by atoms with Crippen LogP contribution in [0.5, 0.6) is 17.2 Å². The van der Waals surface area contributed by atoms with Crippen LogP contribution in [0.1, 0.15) is 0 Å². The summed E-state index contributed by atoms with van der Waals surface area (Å²) in [5, 5.41) is 54.9. The molecule has 0 spiro atoms. The predicted molar refractivity (Wildman–Crippen MR) is 305 cm³/mol. The predicted octanol–water partition coefficient (Wildman–Crippen LogP) is 8.42. The van der Waals surface area contributed by atoms with Crippen molar-refractivity contribution in [2.45, 2.75) is 0 Å². The molecule has 0 aliphatic heterocycles. The second-order valence-corrected chi connectivity index (χ2v) is 19.1. The number of nitrogens with zero attached hydrogens (tertiary/aromatic N) is 10. The lowest BCUT2D eigenvalue weighted by Gasteiger charge is -2.11. The fourth-order valence-electron chi connectivity index (χ4n) is 6.67. The molecule has 9 rings (SSSR count). The molecule has 372 valence electrons. The molecule has 0 radical (unpaired) electrons. The minimum atomic E-state index is -0.00808. The Bertz CT molecular complexity index is 3130. The molecule has 6 aromatic carbocycles. The van der Waals surface area contributed by atoms with Gasteiger partial charge in [-0.25, -0.2) is 14.0 Å². The van der Waals surface area contributed by atoms with Crippen molar-refractivity contribution in [2.75, 3.05) is 76.7 Å². The van der Waals surface area contributed by atoms with Gasteiger partial charge in [0.2, 0.25) is 0 Å². The number of aliphatic hydroxyl groups excluding tert-OH is 3. The number of ether oxygens (including phenoxy) is 3. The first-order valence-corrected chi connectivity index (χ1v) is 25.5. The van der Waals surface area contributed by atoms with Crippen molar-refractivity contribution in [1.82, 2.24) is 45.0 Å². The minimum Gasteiger partial charge on any atom is -0.490 e. The zero-order valence-corrected chi connectivity index (χ0v) is 45.8. The summed E-state index contributed by atoms with van der Waals surface area (Å²) in [6.07, 6.45) is 5.67. The Morgan fingerprint density at radius 3 is 1.14 bits per heavy atom. The normalized spacial score (nSPS) is 10.7. The molecule has 0 bridgehead atoms. The number of aromatic nitrogens is 9. The molecule has 3 heterocycles.